The highest BCUT2D eigenvalue weighted by Gasteiger charge is 2.29. The van der Waals surface area contributed by atoms with Crippen molar-refractivity contribution in [2.24, 2.45) is 0 Å². The van der Waals surface area contributed by atoms with Crippen LogP contribution in [0, 0.1) is 10.1 Å². The van der Waals surface area contributed by atoms with Gasteiger partial charge >= 0.3 is 13.8 Å². The summed E-state index contributed by atoms with van der Waals surface area (Å²) in [6.07, 6.45) is 2.73. The number of aliphatic carboxylic acids is 1. The van der Waals surface area contributed by atoms with Crippen LogP contribution in [0.3, 0.4) is 0 Å². The molecule has 0 aliphatic heterocycles. The summed E-state index contributed by atoms with van der Waals surface area (Å²) in [5, 5.41) is 19.4. The summed E-state index contributed by atoms with van der Waals surface area (Å²) < 4.78 is 29.8. The van der Waals surface area contributed by atoms with Gasteiger partial charge in [-0.05, 0) is 25.0 Å². The van der Waals surface area contributed by atoms with Gasteiger partial charge in [0.1, 0.15) is 18.9 Å². The van der Waals surface area contributed by atoms with Crippen LogP contribution >= 0.6 is 7.82 Å². The minimum Gasteiger partial charge on any atom is -0.481 e. The van der Waals surface area contributed by atoms with Gasteiger partial charge in [-0.25, -0.2) is 4.57 Å². The molecule has 0 saturated carbocycles. The van der Waals surface area contributed by atoms with Gasteiger partial charge in [-0.3, -0.25) is 24.0 Å². The number of non-ortho nitro benzene ring substituents is 1. The topological polar surface area (TPSA) is 125 Å². The average molecular weight is 433 g/mol. The normalized spacial score (nSPS) is 13.6. The lowest BCUT2D eigenvalue weighted by molar-refractivity contribution is -0.870. The number of hydrogen-bond donors (Lipinski definition) is 1. The van der Waals surface area contributed by atoms with Crippen LogP contribution in [0.25, 0.3) is 0 Å². The zero-order valence-corrected chi connectivity index (χ0v) is 18.0. The Balaban J connectivity index is 2.61. The third-order valence-corrected chi connectivity index (χ3v) is 5.24. The third kappa shape index (κ3) is 11.6. The first kappa shape index (κ1) is 25.0. The number of nitrogens with zero attached hydrogens (tertiary/aromatic N) is 2. The number of carbonyl (C=O) groups is 1. The molecule has 10 nitrogen and oxygen atoms in total. The van der Waals surface area contributed by atoms with Gasteiger partial charge in [-0.15, -0.1) is 0 Å². The molecule has 1 unspecified atom stereocenters. The molecule has 1 rings (SSSR count). The Hall–Kier alpha value is -2.00. The van der Waals surface area contributed by atoms with Crippen LogP contribution in [0.1, 0.15) is 32.1 Å². The van der Waals surface area contributed by atoms with E-state index < -0.39 is 18.7 Å². The monoisotopic (exact) mass is 433 g/mol. The molecule has 0 saturated heterocycles. The van der Waals surface area contributed by atoms with Crippen molar-refractivity contribution in [2.75, 3.05) is 40.9 Å². The number of carboxylic acids is 1. The Bertz CT molecular complexity index is 703. The summed E-state index contributed by atoms with van der Waals surface area (Å²) in [7, 11) is 1.97. The van der Waals surface area contributed by atoms with Gasteiger partial charge in [0, 0.05) is 18.6 Å². The van der Waals surface area contributed by atoms with Crippen LogP contribution in [0.4, 0.5) is 5.69 Å². The molecule has 0 radical (unpaired) electrons. The summed E-state index contributed by atoms with van der Waals surface area (Å²) in [5.41, 5.74) is -0.111. The van der Waals surface area contributed by atoms with Crippen molar-refractivity contribution in [1.82, 2.24) is 0 Å². The lowest BCUT2D eigenvalue weighted by Crippen LogP contribution is -2.37. The van der Waals surface area contributed by atoms with E-state index in [4.69, 9.17) is 18.7 Å². The van der Waals surface area contributed by atoms with Crippen molar-refractivity contribution in [3.8, 4) is 5.75 Å². The van der Waals surface area contributed by atoms with Crippen molar-refractivity contribution < 1.29 is 37.4 Å². The predicted molar refractivity (Wildman–Crippen MR) is 107 cm³/mol. The predicted octanol–water partition coefficient (Wildman–Crippen LogP) is 3.86. The molecule has 29 heavy (non-hydrogen) atoms. The van der Waals surface area contributed by atoms with E-state index in [1.165, 1.54) is 24.3 Å². The molecule has 1 N–H and O–H groups in total. The summed E-state index contributed by atoms with van der Waals surface area (Å²) in [5.74, 6) is -0.682. The fourth-order valence-corrected chi connectivity index (χ4v) is 3.40. The number of unbranched alkanes of at least 4 members (excludes halogenated alkanes) is 3. The lowest BCUT2D eigenvalue weighted by Gasteiger charge is -2.25. The summed E-state index contributed by atoms with van der Waals surface area (Å²) in [6.45, 7) is 0.847. The number of phosphoric acid groups is 1. The maximum atomic E-state index is 13.0. The average Bonchev–Trinajstić information content (AvgIpc) is 2.60. The summed E-state index contributed by atoms with van der Waals surface area (Å²) in [4.78, 5) is 20.7. The number of carboxylic acid groups (broad SMARTS) is 1. The molecular weight excluding hydrogens is 403 g/mol. The van der Waals surface area contributed by atoms with Crippen molar-refractivity contribution in [2.45, 2.75) is 32.1 Å². The van der Waals surface area contributed by atoms with Crippen LogP contribution in [-0.4, -0.2) is 61.4 Å². The number of quaternary nitrogens is 1. The van der Waals surface area contributed by atoms with Crippen LogP contribution in [0.15, 0.2) is 24.3 Å². The van der Waals surface area contributed by atoms with Crippen molar-refractivity contribution >= 4 is 19.5 Å². The molecule has 0 aliphatic rings. The molecule has 0 fully saturated rings. The van der Waals surface area contributed by atoms with Gasteiger partial charge in [-0.2, -0.15) is 0 Å². The molecule has 0 amide bonds. The highest BCUT2D eigenvalue weighted by molar-refractivity contribution is 7.48. The first-order chi connectivity index (χ1) is 13.5. The van der Waals surface area contributed by atoms with Gasteiger partial charge in [0.25, 0.3) is 5.69 Å². The zero-order valence-electron chi connectivity index (χ0n) is 17.1. The third-order valence-electron chi connectivity index (χ3n) is 3.81. The van der Waals surface area contributed by atoms with Gasteiger partial charge in [-0.1, -0.05) is 12.8 Å². The smallest absolute Gasteiger partial charge is 0.481 e. The van der Waals surface area contributed by atoms with Gasteiger partial charge in [0.2, 0.25) is 0 Å². The Labute approximate surface area is 170 Å². The maximum Gasteiger partial charge on any atom is 0.530 e. The first-order valence-corrected chi connectivity index (χ1v) is 10.8. The van der Waals surface area contributed by atoms with Gasteiger partial charge < -0.3 is 14.1 Å². The SMILES string of the molecule is C[N+](C)(C)CCOP(=O)(OCCCCCCC(=O)O)Oc1ccc([N+](=O)[O-])cc1. The highest BCUT2D eigenvalue weighted by atomic mass is 31.2. The maximum absolute atomic E-state index is 13.0. The zero-order chi connectivity index (χ0) is 21.9. The number of nitro groups is 1. The van der Waals surface area contributed by atoms with E-state index in [1.54, 1.807) is 0 Å². The molecule has 1 aromatic rings. The van der Waals surface area contributed by atoms with E-state index in [0.29, 0.717) is 23.9 Å². The number of phosphoric ester groups is 1. The molecule has 0 aliphatic carbocycles. The molecule has 164 valence electrons. The van der Waals surface area contributed by atoms with Crippen LogP contribution < -0.4 is 4.52 Å². The second-order valence-electron chi connectivity index (χ2n) is 7.53. The largest absolute Gasteiger partial charge is 0.530 e. The van der Waals surface area contributed by atoms with Crippen LogP contribution in [0.2, 0.25) is 0 Å². The Morgan fingerprint density at radius 1 is 1.07 bits per heavy atom. The second kappa shape index (κ2) is 11.9. The fraction of sp³-hybridized carbons (Fsp3) is 0.611. The quantitative estimate of drug-likeness (QED) is 0.145. The van der Waals surface area contributed by atoms with Crippen molar-refractivity contribution in [3.63, 3.8) is 0 Å². The standard InChI is InChI=1S/C18H29N2O8P/c1-20(2,3)13-15-27-29(25,26-14-7-5-4-6-8-18(21)22)28-17-11-9-16(10-12-17)19(23)24/h9-12H,4-8,13-15H2,1-3H3/p+1. The summed E-state index contributed by atoms with van der Waals surface area (Å²) in [6, 6.07) is 5.16. The number of likely N-dealkylation sites (N-methyl/N-ethyl adjacent to an activating group) is 1. The lowest BCUT2D eigenvalue weighted by atomic mass is 10.1. The van der Waals surface area contributed by atoms with E-state index in [0.717, 1.165) is 12.8 Å². The molecule has 0 spiro atoms. The first-order valence-electron chi connectivity index (χ1n) is 9.36. The molecule has 1 aromatic carbocycles. The van der Waals surface area contributed by atoms with Crippen molar-refractivity contribution in [3.05, 3.63) is 34.4 Å². The number of rotatable bonds is 15. The Morgan fingerprint density at radius 3 is 2.21 bits per heavy atom. The molecule has 11 heteroatoms. The van der Waals surface area contributed by atoms with E-state index in [-0.39, 0.29) is 31.1 Å². The number of benzene rings is 1. The minimum absolute atomic E-state index is 0.111. The van der Waals surface area contributed by atoms with E-state index in [1.807, 2.05) is 21.1 Å². The Kier molecular flexibility index (Phi) is 10.2. The second-order valence-corrected chi connectivity index (χ2v) is 9.12. The van der Waals surface area contributed by atoms with E-state index in [9.17, 15) is 19.5 Å². The van der Waals surface area contributed by atoms with E-state index >= 15 is 0 Å². The fourth-order valence-electron chi connectivity index (χ4n) is 2.18. The van der Waals surface area contributed by atoms with Crippen LogP contribution in [0.5, 0.6) is 5.75 Å². The number of nitro benzene ring substituents is 1. The molecule has 0 bridgehead atoms. The minimum atomic E-state index is -3.91. The van der Waals surface area contributed by atoms with Gasteiger partial charge in [0.05, 0.1) is 32.7 Å². The van der Waals surface area contributed by atoms with Crippen LogP contribution in [-0.2, 0) is 18.4 Å². The summed E-state index contributed by atoms with van der Waals surface area (Å²) >= 11 is 0. The van der Waals surface area contributed by atoms with Gasteiger partial charge in [0.15, 0.2) is 0 Å². The van der Waals surface area contributed by atoms with E-state index in [2.05, 4.69) is 0 Å². The van der Waals surface area contributed by atoms with Crippen molar-refractivity contribution in [1.29, 1.82) is 0 Å². The Morgan fingerprint density at radius 2 is 1.66 bits per heavy atom. The highest BCUT2D eigenvalue weighted by Crippen LogP contribution is 2.49. The molecular formula is C18H30N2O8P+. The number of hydrogen-bond acceptors (Lipinski definition) is 7. The molecule has 0 heterocycles. The molecule has 1 atom stereocenters. The molecule has 0 aromatic heterocycles.